The number of fused-ring (bicyclic) bond motifs is 3. The maximum atomic E-state index is 3.64. The van der Waals surface area contributed by atoms with Gasteiger partial charge >= 0.3 is 0 Å². The highest BCUT2D eigenvalue weighted by molar-refractivity contribution is 5.17. The highest BCUT2D eigenvalue weighted by Gasteiger charge is 2.37. The van der Waals surface area contributed by atoms with Crippen LogP contribution in [0.4, 0.5) is 0 Å². The smallest absolute Gasteiger partial charge is 0.0447 e. The molecule has 0 radical (unpaired) electrons. The van der Waals surface area contributed by atoms with Crippen molar-refractivity contribution in [2.75, 3.05) is 39.8 Å². The SMILES string of the molecule is CNC(C1=CCCCCCC1)C1CN2CCN1CC2. The van der Waals surface area contributed by atoms with E-state index in [1.54, 1.807) is 5.57 Å². The molecule has 2 atom stereocenters. The molecule has 1 N–H and O–H groups in total. The molecule has 3 heterocycles. The third-order valence-electron chi connectivity index (χ3n) is 5.24. The molecule has 0 aromatic rings. The van der Waals surface area contributed by atoms with Crippen molar-refractivity contribution in [3.8, 4) is 0 Å². The van der Waals surface area contributed by atoms with Gasteiger partial charge in [0, 0.05) is 44.8 Å². The molecule has 3 nitrogen and oxygen atoms in total. The topological polar surface area (TPSA) is 18.5 Å². The first kappa shape index (κ1) is 13.6. The zero-order valence-electron chi connectivity index (χ0n) is 12.4. The molecule has 3 saturated heterocycles. The van der Waals surface area contributed by atoms with Crippen molar-refractivity contribution in [2.45, 2.75) is 50.6 Å². The number of hydrogen-bond donors (Lipinski definition) is 1. The minimum absolute atomic E-state index is 0.584. The summed E-state index contributed by atoms with van der Waals surface area (Å²) in [6, 6.07) is 1.29. The van der Waals surface area contributed by atoms with Crippen molar-refractivity contribution in [3.63, 3.8) is 0 Å². The minimum atomic E-state index is 0.584. The van der Waals surface area contributed by atoms with Gasteiger partial charge in [0.25, 0.3) is 0 Å². The predicted octanol–water partition coefficient (Wildman–Crippen LogP) is 1.85. The van der Waals surface area contributed by atoms with Gasteiger partial charge in [-0.3, -0.25) is 9.80 Å². The molecule has 108 valence electrons. The Morgan fingerprint density at radius 2 is 1.89 bits per heavy atom. The summed E-state index contributed by atoms with van der Waals surface area (Å²) in [5.74, 6) is 0. The second kappa shape index (κ2) is 6.38. The molecule has 0 aromatic carbocycles. The van der Waals surface area contributed by atoms with Crippen molar-refractivity contribution < 1.29 is 0 Å². The fraction of sp³-hybridized carbons (Fsp3) is 0.875. The molecule has 0 spiro atoms. The van der Waals surface area contributed by atoms with Crippen molar-refractivity contribution in [1.82, 2.24) is 15.1 Å². The first-order chi connectivity index (χ1) is 9.38. The molecule has 3 fully saturated rings. The van der Waals surface area contributed by atoms with Crippen LogP contribution in [0.3, 0.4) is 0 Å². The van der Waals surface area contributed by atoms with E-state index >= 15 is 0 Å². The van der Waals surface area contributed by atoms with E-state index in [2.05, 4.69) is 28.2 Å². The maximum Gasteiger partial charge on any atom is 0.0447 e. The summed E-state index contributed by atoms with van der Waals surface area (Å²) in [6.07, 6.45) is 10.8. The van der Waals surface area contributed by atoms with E-state index in [-0.39, 0.29) is 0 Å². The van der Waals surface area contributed by atoms with Gasteiger partial charge in [0.05, 0.1) is 0 Å². The number of piperazine rings is 3. The zero-order chi connectivity index (χ0) is 13.1. The Labute approximate surface area is 118 Å². The van der Waals surface area contributed by atoms with E-state index in [0.29, 0.717) is 12.1 Å². The number of allylic oxidation sites excluding steroid dienone is 1. The Morgan fingerprint density at radius 3 is 2.58 bits per heavy atom. The van der Waals surface area contributed by atoms with Crippen LogP contribution in [0.2, 0.25) is 0 Å². The van der Waals surface area contributed by atoms with Crippen LogP contribution in [0.25, 0.3) is 0 Å². The molecule has 3 heteroatoms. The largest absolute Gasteiger partial charge is 0.312 e. The number of nitrogens with zero attached hydrogens (tertiary/aromatic N) is 2. The maximum absolute atomic E-state index is 3.64. The Bertz CT molecular complexity index is 318. The second-order valence-corrected chi connectivity index (χ2v) is 6.40. The molecule has 0 amide bonds. The normalized spacial score (nSPS) is 37.3. The van der Waals surface area contributed by atoms with E-state index in [1.807, 2.05) is 0 Å². The Morgan fingerprint density at radius 1 is 1.11 bits per heavy atom. The van der Waals surface area contributed by atoms with Crippen molar-refractivity contribution in [1.29, 1.82) is 0 Å². The lowest BCUT2D eigenvalue weighted by molar-refractivity contribution is 0.00258. The zero-order valence-corrected chi connectivity index (χ0v) is 12.4. The summed E-state index contributed by atoms with van der Waals surface area (Å²) in [4.78, 5) is 5.37. The van der Waals surface area contributed by atoms with Crippen LogP contribution < -0.4 is 5.32 Å². The Balaban J connectivity index is 1.72. The van der Waals surface area contributed by atoms with Crippen LogP contribution in [0.1, 0.15) is 38.5 Å². The van der Waals surface area contributed by atoms with E-state index < -0.39 is 0 Å². The van der Waals surface area contributed by atoms with Gasteiger partial charge in [0.15, 0.2) is 0 Å². The lowest BCUT2D eigenvalue weighted by Gasteiger charge is -2.50. The molecule has 0 aromatic heterocycles. The van der Waals surface area contributed by atoms with E-state index in [9.17, 15) is 0 Å². The highest BCUT2D eigenvalue weighted by atomic mass is 15.4. The van der Waals surface area contributed by atoms with Crippen molar-refractivity contribution in [3.05, 3.63) is 11.6 Å². The molecule has 2 bridgehead atoms. The third-order valence-corrected chi connectivity index (χ3v) is 5.24. The van der Waals surface area contributed by atoms with Gasteiger partial charge in [-0.05, 0) is 32.7 Å². The van der Waals surface area contributed by atoms with Gasteiger partial charge in [-0.1, -0.05) is 24.5 Å². The van der Waals surface area contributed by atoms with E-state index in [0.717, 1.165) is 0 Å². The first-order valence-corrected chi connectivity index (χ1v) is 8.21. The van der Waals surface area contributed by atoms with Crippen molar-refractivity contribution in [2.24, 2.45) is 0 Å². The van der Waals surface area contributed by atoms with Crippen LogP contribution in [0, 0.1) is 0 Å². The summed E-state index contributed by atoms with van der Waals surface area (Å²) in [6.45, 7) is 6.38. The molecule has 4 aliphatic rings. The van der Waals surface area contributed by atoms with E-state index in [1.165, 1.54) is 71.2 Å². The Kier molecular flexibility index (Phi) is 4.57. The van der Waals surface area contributed by atoms with Gasteiger partial charge in [-0.15, -0.1) is 0 Å². The van der Waals surface area contributed by atoms with Gasteiger partial charge in [0.1, 0.15) is 0 Å². The molecule has 3 aliphatic heterocycles. The summed E-state index contributed by atoms with van der Waals surface area (Å²) in [5.41, 5.74) is 1.70. The summed E-state index contributed by atoms with van der Waals surface area (Å²) >= 11 is 0. The van der Waals surface area contributed by atoms with Gasteiger partial charge in [-0.25, -0.2) is 0 Å². The van der Waals surface area contributed by atoms with Gasteiger partial charge in [0.2, 0.25) is 0 Å². The fourth-order valence-electron chi connectivity index (χ4n) is 4.10. The fourth-order valence-corrected chi connectivity index (χ4v) is 4.10. The lowest BCUT2D eigenvalue weighted by atomic mass is 9.88. The van der Waals surface area contributed by atoms with Crippen LogP contribution in [0.5, 0.6) is 0 Å². The van der Waals surface area contributed by atoms with Crippen LogP contribution in [0.15, 0.2) is 11.6 Å². The summed E-state index contributed by atoms with van der Waals surface area (Å²) in [7, 11) is 2.16. The number of hydrogen-bond acceptors (Lipinski definition) is 3. The number of nitrogens with one attached hydrogen (secondary N) is 1. The average molecular weight is 263 g/mol. The first-order valence-electron chi connectivity index (χ1n) is 8.21. The number of rotatable bonds is 3. The van der Waals surface area contributed by atoms with Crippen LogP contribution in [-0.4, -0.2) is 61.7 Å². The molecule has 4 rings (SSSR count). The van der Waals surface area contributed by atoms with Crippen LogP contribution in [-0.2, 0) is 0 Å². The standard InChI is InChI=1S/C16H29N3/c1-17-16(14-7-5-3-2-4-6-8-14)15-13-18-9-11-19(15)12-10-18/h7,15-17H,2-6,8-13H2,1H3. The monoisotopic (exact) mass is 263 g/mol. The van der Waals surface area contributed by atoms with E-state index in [4.69, 9.17) is 0 Å². The minimum Gasteiger partial charge on any atom is -0.312 e. The highest BCUT2D eigenvalue weighted by Crippen LogP contribution is 2.26. The Hall–Kier alpha value is -0.380. The second-order valence-electron chi connectivity index (χ2n) is 6.40. The molecule has 1 aliphatic carbocycles. The average Bonchev–Trinajstić information content (AvgIpc) is 2.43. The molecule has 2 unspecified atom stereocenters. The lowest BCUT2D eigenvalue weighted by Crippen LogP contribution is -2.66. The molecule has 19 heavy (non-hydrogen) atoms. The van der Waals surface area contributed by atoms with Gasteiger partial charge < -0.3 is 5.32 Å². The van der Waals surface area contributed by atoms with Crippen molar-refractivity contribution >= 4 is 0 Å². The molecular weight excluding hydrogens is 234 g/mol. The number of likely N-dealkylation sites (N-methyl/N-ethyl adjacent to an activating group) is 1. The molecular formula is C16H29N3. The summed E-state index contributed by atoms with van der Waals surface area (Å²) < 4.78 is 0. The predicted molar refractivity (Wildman–Crippen MR) is 80.4 cm³/mol. The van der Waals surface area contributed by atoms with Gasteiger partial charge in [-0.2, -0.15) is 0 Å². The third kappa shape index (κ3) is 3.04. The molecule has 0 saturated carbocycles. The summed E-state index contributed by atoms with van der Waals surface area (Å²) in [5, 5.41) is 3.64. The quantitative estimate of drug-likeness (QED) is 0.784. The van der Waals surface area contributed by atoms with Crippen LogP contribution >= 0.6 is 0 Å².